The second kappa shape index (κ2) is 5.70. The van der Waals surface area contributed by atoms with Gasteiger partial charge in [-0.25, -0.2) is 0 Å². The number of halogens is 4. The molecule has 5 heteroatoms. The number of hydrogen-bond donors (Lipinski definition) is 0. The van der Waals surface area contributed by atoms with E-state index >= 15 is 0 Å². The number of rotatable bonds is 2. The standard InChI is InChI=1S/C13H10Cl4.Zr/c14-10-3-1-5-12(16,7-10)9-13(17)6-2-4-11(15)8-13;/h1-6H,7-8H2;/q;+2. The van der Waals surface area contributed by atoms with Crippen LogP contribution in [0.2, 0.25) is 0 Å². The second-order valence-corrected chi connectivity index (χ2v) is 7.95. The van der Waals surface area contributed by atoms with E-state index in [2.05, 4.69) is 0 Å². The van der Waals surface area contributed by atoms with Gasteiger partial charge >= 0.3 is 143 Å². The first kappa shape index (κ1) is 15.3. The van der Waals surface area contributed by atoms with Crippen LogP contribution in [-0.4, -0.2) is 13.0 Å². The minimum atomic E-state index is -0.606. The predicted molar refractivity (Wildman–Crippen MR) is 77.6 cm³/mol. The Morgan fingerprint density at radius 2 is 1.33 bits per heavy atom. The van der Waals surface area contributed by atoms with Gasteiger partial charge in [0.1, 0.15) is 0 Å². The van der Waals surface area contributed by atoms with Gasteiger partial charge in [0.25, 0.3) is 0 Å². The fourth-order valence-electron chi connectivity index (χ4n) is 2.03. The average molecular weight is 399 g/mol. The van der Waals surface area contributed by atoms with Crippen molar-refractivity contribution in [3.05, 3.63) is 46.5 Å². The van der Waals surface area contributed by atoms with Crippen LogP contribution in [0.1, 0.15) is 12.8 Å². The summed E-state index contributed by atoms with van der Waals surface area (Å²) >= 11 is 26.7. The van der Waals surface area contributed by atoms with Crippen LogP contribution in [0.15, 0.2) is 46.5 Å². The molecule has 0 bridgehead atoms. The molecule has 92 valence electrons. The Morgan fingerprint density at radius 3 is 1.67 bits per heavy atom. The molecule has 0 N–H and O–H groups in total. The summed E-state index contributed by atoms with van der Waals surface area (Å²) in [4.78, 5) is -1.21. The Labute approximate surface area is 142 Å². The van der Waals surface area contributed by atoms with Crippen LogP contribution < -0.4 is 0 Å². The Balaban J connectivity index is 2.28. The van der Waals surface area contributed by atoms with E-state index < -0.39 is 9.75 Å². The molecule has 2 atom stereocenters. The van der Waals surface area contributed by atoms with Crippen LogP contribution in [0, 0.1) is 0 Å². The summed E-state index contributed by atoms with van der Waals surface area (Å²) in [6.07, 6.45) is 12.5. The Kier molecular flexibility index (Phi) is 4.84. The first-order chi connectivity index (χ1) is 8.36. The molecule has 2 unspecified atom stereocenters. The molecule has 0 spiro atoms. The van der Waals surface area contributed by atoms with E-state index in [9.17, 15) is 0 Å². The molecule has 0 radical (unpaired) electrons. The number of alkyl halides is 2. The van der Waals surface area contributed by atoms with Crippen LogP contribution in [0.3, 0.4) is 0 Å². The molecule has 0 heterocycles. The maximum absolute atomic E-state index is 6.68. The topological polar surface area (TPSA) is 0 Å². The fraction of sp³-hybridized carbons (Fsp3) is 0.308. The fourth-order valence-corrected chi connectivity index (χ4v) is 4.39. The summed E-state index contributed by atoms with van der Waals surface area (Å²) in [6, 6.07) is 0. The van der Waals surface area contributed by atoms with E-state index in [0.29, 0.717) is 12.8 Å². The Bertz CT molecular complexity index is 459. The van der Waals surface area contributed by atoms with E-state index in [1.165, 1.54) is 24.2 Å². The predicted octanol–water partition coefficient (Wildman–Crippen LogP) is 4.83. The third kappa shape index (κ3) is 3.13. The molecule has 0 saturated heterocycles. The van der Waals surface area contributed by atoms with E-state index in [-0.39, 0.29) is 0 Å². The van der Waals surface area contributed by atoms with Gasteiger partial charge in [0, 0.05) is 0 Å². The van der Waals surface area contributed by atoms with Crippen molar-refractivity contribution >= 4 is 49.6 Å². The van der Waals surface area contributed by atoms with Gasteiger partial charge in [0.15, 0.2) is 0 Å². The molecule has 0 aromatic carbocycles. The summed E-state index contributed by atoms with van der Waals surface area (Å²) in [5.74, 6) is 0. The van der Waals surface area contributed by atoms with Crippen molar-refractivity contribution in [3.63, 3.8) is 0 Å². The molecule has 2 aliphatic rings. The van der Waals surface area contributed by atoms with Gasteiger partial charge in [-0.2, -0.15) is 0 Å². The van der Waals surface area contributed by atoms with Crippen LogP contribution in [0.25, 0.3) is 0 Å². The molecule has 0 aromatic rings. The summed E-state index contributed by atoms with van der Waals surface area (Å²) in [6.45, 7) is 0. The van der Waals surface area contributed by atoms with Crippen molar-refractivity contribution in [1.82, 2.24) is 0 Å². The zero-order valence-electron chi connectivity index (χ0n) is 9.39. The first-order valence-corrected chi connectivity index (χ1v) is 8.15. The summed E-state index contributed by atoms with van der Waals surface area (Å²) < 4.78 is 1.04. The van der Waals surface area contributed by atoms with Crippen LogP contribution in [-0.2, 0) is 24.2 Å². The molecule has 0 nitrogen and oxygen atoms in total. The van der Waals surface area contributed by atoms with Gasteiger partial charge in [0.2, 0.25) is 0 Å². The summed E-state index contributed by atoms with van der Waals surface area (Å²) in [7, 11) is 0. The molecule has 0 saturated carbocycles. The molecular formula is C13H10Cl4Zr+2. The third-order valence-corrected chi connectivity index (χ3v) is 7.35. The minimum absolute atomic E-state index is 0.580. The molecule has 2 rings (SSSR count). The van der Waals surface area contributed by atoms with Crippen LogP contribution in [0.5, 0.6) is 0 Å². The molecule has 0 aliphatic heterocycles. The van der Waals surface area contributed by atoms with Crippen molar-refractivity contribution in [1.29, 1.82) is 0 Å². The molecule has 0 amide bonds. The monoisotopic (exact) mass is 396 g/mol. The van der Waals surface area contributed by atoms with Crippen molar-refractivity contribution in [2.75, 3.05) is 0 Å². The zero-order valence-corrected chi connectivity index (χ0v) is 14.9. The maximum atomic E-state index is 6.68. The zero-order chi connectivity index (χ0) is 13.4. The second-order valence-electron chi connectivity index (χ2n) is 4.40. The van der Waals surface area contributed by atoms with Gasteiger partial charge in [-0.05, 0) is 0 Å². The Morgan fingerprint density at radius 1 is 0.944 bits per heavy atom. The van der Waals surface area contributed by atoms with Gasteiger partial charge in [-0.15, -0.1) is 0 Å². The van der Waals surface area contributed by atoms with Crippen molar-refractivity contribution in [2.45, 2.75) is 22.6 Å². The molecular weight excluding hydrogens is 389 g/mol. The summed E-state index contributed by atoms with van der Waals surface area (Å²) in [5, 5.41) is 1.49. The number of hydrogen-bond acceptors (Lipinski definition) is 0. The van der Waals surface area contributed by atoms with Gasteiger partial charge in [0.05, 0.1) is 0 Å². The third-order valence-electron chi connectivity index (χ3n) is 2.96. The van der Waals surface area contributed by atoms with E-state index in [4.69, 9.17) is 46.4 Å². The SMILES string of the molecule is ClC1=CC=CC(Cl)([C](=[Zr+2])C2(Cl)C=CC=C(Cl)C2)C1. The number of allylic oxidation sites excluding steroid dienone is 8. The molecule has 18 heavy (non-hydrogen) atoms. The van der Waals surface area contributed by atoms with Gasteiger partial charge in [-0.3, -0.25) is 0 Å². The normalized spacial score (nSPS) is 35.2. The van der Waals surface area contributed by atoms with E-state index in [1.807, 2.05) is 36.5 Å². The van der Waals surface area contributed by atoms with Gasteiger partial charge < -0.3 is 0 Å². The van der Waals surface area contributed by atoms with E-state index in [1.54, 1.807) is 0 Å². The summed E-state index contributed by atoms with van der Waals surface area (Å²) in [5.41, 5.74) is 0. The van der Waals surface area contributed by atoms with Crippen LogP contribution in [0.4, 0.5) is 0 Å². The van der Waals surface area contributed by atoms with Crippen molar-refractivity contribution in [2.24, 2.45) is 0 Å². The quantitative estimate of drug-likeness (QED) is 0.584. The molecule has 0 fully saturated rings. The van der Waals surface area contributed by atoms with E-state index in [0.717, 1.165) is 13.3 Å². The van der Waals surface area contributed by atoms with Gasteiger partial charge in [-0.1, -0.05) is 0 Å². The average Bonchev–Trinajstić information content (AvgIpc) is 2.27. The first-order valence-electron chi connectivity index (χ1n) is 5.41. The Hall–Kier alpha value is 0.873. The van der Waals surface area contributed by atoms with Crippen molar-refractivity contribution < 1.29 is 24.2 Å². The molecule has 2 aliphatic carbocycles. The van der Waals surface area contributed by atoms with Crippen LogP contribution >= 0.6 is 46.4 Å². The van der Waals surface area contributed by atoms with Crippen molar-refractivity contribution in [3.8, 4) is 0 Å². The molecule has 0 aromatic heterocycles.